The molecule has 1 heterocycles. The number of nitrogens with zero attached hydrogens (tertiary/aromatic N) is 3. The van der Waals surface area contributed by atoms with Gasteiger partial charge in [-0.05, 0) is 6.42 Å². The zero-order valence-corrected chi connectivity index (χ0v) is 12.0. The molecule has 1 aromatic rings. The van der Waals surface area contributed by atoms with Crippen LogP contribution >= 0.6 is 0 Å². The zero-order valence-electron chi connectivity index (χ0n) is 12.0. The van der Waals surface area contributed by atoms with Gasteiger partial charge in [-0.3, -0.25) is 10.1 Å². The summed E-state index contributed by atoms with van der Waals surface area (Å²) in [7, 11) is 1.66. The monoisotopic (exact) mass is 270 g/mol. The van der Waals surface area contributed by atoms with E-state index in [2.05, 4.69) is 10.4 Å². The predicted molar refractivity (Wildman–Crippen MR) is 72.5 cm³/mol. The zero-order chi connectivity index (χ0) is 14.4. The lowest BCUT2D eigenvalue weighted by atomic mass is 10.2. The average molecular weight is 270 g/mol. The summed E-state index contributed by atoms with van der Waals surface area (Å²) >= 11 is 0. The first-order valence-corrected chi connectivity index (χ1v) is 6.53. The van der Waals surface area contributed by atoms with Gasteiger partial charge in [0.15, 0.2) is 0 Å². The molecule has 1 rings (SSSR count). The molecule has 0 spiro atoms. The molecule has 0 aliphatic heterocycles. The van der Waals surface area contributed by atoms with Gasteiger partial charge in [-0.15, -0.1) is 0 Å². The fourth-order valence-electron chi connectivity index (χ4n) is 1.80. The fraction of sp³-hybridized carbons (Fsp3) is 0.750. The maximum atomic E-state index is 11.1. The first kappa shape index (κ1) is 15.4. The van der Waals surface area contributed by atoms with E-state index in [1.54, 1.807) is 7.05 Å². The molecule has 0 bridgehead atoms. The van der Waals surface area contributed by atoms with E-state index in [1.807, 2.05) is 20.8 Å². The Hall–Kier alpha value is -1.63. The Morgan fingerprint density at radius 2 is 2.21 bits per heavy atom. The van der Waals surface area contributed by atoms with Gasteiger partial charge in [0.2, 0.25) is 0 Å². The van der Waals surface area contributed by atoms with Gasteiger partial charge in [0.05, 0.1) is 4.92 Å². The summed E-state index contributed by atoms with van der Waals surface area (Å²) in [5.41, 5.74) is 0.482. The van der Waals surface area contributed by atoms with Gasteiger partial charge in [0.25, 0.3) is 5.88 Å². The van der Waals surface area contributed by atoms with Crippen LogP contribution in [0.1, 0.15) is 32.9 Å². The molecule has 0 unspecified atom stereocenters. The van der Waals surface area contributed by atoms with Crippen molar-refractivity contribution >= 4 is 5.69 Å². The lowest BCUT2D eigenvalue weighted by Gasteiger charge is -2.09. The molecular formula is C12H22N4O3. The van der Waals surface area contributed by atoms with Crippen molar-refractivity contribution in [1.82, 2.24) is 15.1 Å². The fourth-order valence-corrected chi connectivity index (χ4v) is 1.80. The van der Waals surface area contributed by atoms with Crippen LogP contribution in [0.5, 0.6) is 5.88 Å². The lowest BCUT2D eigenvalue weighted by Crippen LogP contribution is -2.27. The summed E-state index contributed by atoms with van der Waals surface area (Å²) in [6, 6.07) is 0.362. The number of nitro groups is 1. The summed E-state index contributed by atoms with van der Waals surface area (Å²) in [6.45, 7) is 7.05. The normalized spacial score (nSPS) is 11.0. The van der Waals surface area contributed by atoms with Crippen LogP contribution in [-0.2, 0) is 13.5 Å². The second-order valence-electron chi connectivity index (χ2n) is 4.69. The van der Waals surface area contributed by atoms with Crippen LogP contribution in [-0.4, -0.2) is 33.9 Å². The summed E-state index contributed by atoms with van der Waals surface area (Å²) in [5, 5.41) is 18.5. The summed E-state index contributed by atoms with van der Waals surface area (Å²) < 4.78 is 6.95. The third kappa shape index (κ3) is 4.20. The van der Waals surface area contributed by atoms with Crippen molar-refractivity contribution in [3.8, 4) is 5.88 Å². The minimum atomic E-state index is -0.413. The first-order chi connectivity index (χ1) is 8.97. The summed E-state index contributed by atoms with van der Waals surface area (Å²) in [4.78, 5) is 10.7. The molecule has 7 nitrogen and oxygen atoms in total. The van der Waals surface area contributed by atoms with E-state index in [9.17, 15) is 10.1 Å². The molecule has 0 saturated carbocycles. The quantitative estimate of drug-likeness (QED) is 0.441. The highest BCUT2D eigenvalue weighted by molar-refractivity contribution is 5.46. The number of hydrogen-bond acceptors (Lipinski definition) is 5. The molecule has 1 aromatic heterocycles. The Kier molecular flexibility index (Phi) is 5.75. The smallest absolute Gasteiger partial charge is 0.353 e. The van der Waals surface area contributed by atoms with E-state index < -0.39 is 4.92 Å². The van der Waals surface area contributed by atoms with E-state index in [4.69, 9.17) is 4.74 Å². The van der Waals surface area contributed by atoms with Crippen LogP contribution in [0.2, 0.25) is 0 Å². The highest BCUT2D eigenvalue weighted by Crippen LogP contribution is 2.30. The Balaban J connectivity index is 2.78. The van der Waals surface area contributed by atoms with Crippen molar-refractivity contribution < 1.29 is 9.66 Å². The standard InChI is InChI=1S/C12H22N4O3/c1-5-6-10-11(16(17)18)12(15(4)14-10)19-8-7-13-9(2)3/h9,13H,5-8H2,1-4H3. The molecule has 19 heavy (non-hydrogen) atoms. The topological polar surface area (TPSA) is 82.2 Å². The van der Waals surface area contributed by atoms with Gasteiger partial charge in [-0.25, -0.2) is 4.68 Å². The number of ether oxygens (including phenoxy) is 1. The van der Waals surface area contributed by atoms with Gasteiger partial charge < -0.3 is 10.1 Å². The van der Waals surface area contributed by atoms with E-state index in [0.29, 0.717) is 31.3 Å². The highest BCUT2D eigenvalue weighted by Gasteiger charge is 2.27. The van der Waals surface area contributed by atoms with Gasteiger partial charge in [0, 0.05) is 19.6 Å². The van der Waals surface area contributed by atoms with Crippen molar-refractivity contribution in [2.45, 2.75) is 39.7 Å². The molecule has 0 radical (unpaired) electrons. The number of aryl methyl sites for hydroxylation is 2. The lowest BCUT2D eigenvalue weighted by molar-refractivity contribution is -0.386. The van der Waals surface area contributed by atoms with Crippen molar-refractivity contribution in [2.24, 2.45) is 7.05 Å². The molecule has 1 N–H and O–H groups in total. The van der Waals surface area contributed by atoms with Crippen LogP contribution in [0.25, 0.3) is 0 Å². The first-order valence-electron chi connectivity index (χ1n) is 6.53. The SMILES string of the molecule is CCCc1nn(C)c(OCCNC(C)C)c1[N+](=O)[O-]. The Morgan fingerprint density at radius 3 is 2.74 bits per heavy atom. The molecule has 0 fully saturated rings. The molecule has 108 valence electrons. The maximum absolute atomic E-state index is 11.1. The molecule has 0 aromatic carbocycles. The second kappa shape index (κ2) is 7.08. The van der Waals surface area contributed by atoms with Crippen molar-refractivity contribution in [2.75, 3.05) is 13.2 Å². The Labute approximate surface area is 113 Å². The van der Waals surface area contributed by atoms with E-state index in [-0.39, 0.29) is 11.6 Å². The number of nitrogens with one attached hydrogen (secondary N) is 1. The average Bonchev–Trinajstić information content (AvgIpc) is 2.61. The van der Waals surface area contributed by atoms with E-state index in [1.165, 1.54) is 4.68 Å². The van der Waals surface area contributed by atoms with Crippen molar-refractivity contribution in [3.05, 3.63) is 15.8 Å². The van der Waals surface area contributed by atoms with Gasteiger partial charge in [-0.2, -0.15) is 5.10 Å². The maximum Gasteiger partial charge on any atom is 0.353 e. The molecule has 0 aliphatic rings. The van der Waals surface area contributed by atoms with Crippen molar-refractivity contribution in [1.29, 1.82) is 0 Å². The van der Waals surface area contributed by atoms with E-state index >= 15 is 0 Å². The van der Waals surface area contributed by atoms with Gasteiger partial charge in [-0.1, -0.05) is 27.2 Å². The molecule has 0 saturated heterocycles. The Bertz CT molecular complexity index is 429. The molecular weight excluding hydrogens is 248 g/mol. The number of aromatic nitrogens is 2. The number of rotatable bonds is 8. The van der Waals surface area contributed by atoms with Crippen LogP contribution in [0.4, 0.5) is 5.69 Å². The molecule has 7 heteroatoms. The Morgan fingerprint density at radius 1 is 1.53 bits per heavy atom. The minimum Gasteiger partial charge on any atom is -0.472 e. The van der Waals surface area contributed by atoms with Gasteiger partial charge in [0.1, 0.15) is 12.3 Å². The van der Waals surface area contributed by atoms with E-state index in [0.717, 1.165) is 6.42 Å². The molecule has 0 amide bonds. The highest BCUT2D eigenvalue weighted by atomic mass is 16.6. The van der Waals surface area contributed by atoms with Crippen LogP contribution in [0.15, 0.2) is 0 Å². The van der Waals surface area contributed by atoms with Crippen LogP contribution < -0.4 is 10.1 Å². The molecule has 0 atom stereocenters. The second-order valence-corrected chi connectivity index (χ2v) is 4.69. The van der Waals surface area contributed by atoms with Crippen molar-refractivity contribution in [3.63, 3.8) is 0 Å². The van der Waals surface area contributed by atoms with Gasteiger partial charge >= 0.3 is 5.69 Å². The third-order valence-corrected chi connectivity index (χ3v) is 2.60. The van der Waals surface area contributed by atoms with Crippen LogP contribution in [0, 0.1) is 10.1 Å². The summed E-state index contributed by atoms with van der Waals surface area (Å²) in [6.07, 6.45) is 1.39. The number of hydrogen-bond donors (Lipinski definition) is 1. The molecule has 0 aliphatic carbocycles. The predicted octanol–water partition coefficient (Wildman–Crippen LogP) is 1.66. The minimum absolute atomic E-state index is 0.00565. The largest absolute Gasteiger partial charge is 0.472 e. The third-order valence-electron chi connectivity index (χ3n) is 2.60. The summed E-state index contributed by atoms with van der Waals surface area (Å²) in [5.74, 6) is 0.235. The van der Waals surface area contributed by atoms with Crippen LogP contribution in [0.3, 0.4) is 0 Å².